The van der Waals surface area contributed by atoms with Gasteiger partial charge in [0.15, 0.2) is 5.82 Å². The summed E-state index contributed by atoms with van der Waals surface area (Å²) in [5.74, 6) is -0.515. The molecule has 1 aliphatic rings. The lowest BCUT2D eigenvalue weighted by atomic mass is 9.68. The number of carbonyl (C=O) groups excluding carboxylic acids is 1. The molecule has 0 aliphatic heterocycles. The predicted octanol–water partition coefficient (Wildman–Crippen LogP) is 6.29. The zero-order chi connectivity index (χ0) is 23.7. The monoisotopic (exact) mass is 453 g/mol. The van der Waals surface area contributed by atoms with E-state index in [0.29, 0.717) is 17.9 Å². The second-order valence-corrected chi connectivity index (χ2v) is 8.15. The van der Waals surface area contributed by atoms with Crippen LogP contribution in [0.1, 0.15) is 27.2 Å². The van der Waals surface area contributed by atoms with Crippen LogP contribution in [0.15, 0.2) is 97.6 Å². The SMILES string of the molecule is C=CC(=O)n1nc(Nc2ccccc2)c2c1CC(c1ccc(F)cc1)(c1ccc(F)cc1)C=C2. The number of aromatic nitrogens is 2. The number of para-hydroxylation sites is 1. The molecule has 1 N–H and O–H groups in total. The molecule has 1 heterocycles. The van der Waals surface area contributed by atoms with Crippen LogP contribution < -0.4 is 5.32 Å². The Morgan fingerprint density at radius 1 is 0.941 bits per heavy atom. The van der Waals surface area contributed by atoms with Gasteiger partial charge in [0.1, 0.15) is 11.6 Å². The molecule has 0 saturated heterocycles. The third kappa shape index (κ3) is 3.73. The molecule has 0 amide bonds. The summed E-state index contributed by atoms with van der Waals surface area (Å²) in [5, 5.41) is 7.84. The zero-order valence-electron chi connectivity index (χ0n) is 18.2. The molecular formula is C28H21F2N3O. The van der Waals surface area contributed by atoms with Crippen molar-refractivity contribution in [2.75, 3.05) is 5.32 Å². The molecular weight excluding hydrogens is 432 g/mol. The minimum Gasteiger partial charge on any atom is -0.338 e. The molecule has 3 aromatic carbocycles. The number of rotatable bonds is 5. The number of halogens is 2. The first-order valence-corrected chi connectivity index (χ1v) is 10.8. The maximum Gasteiger partial charge on any atom is 0.270 e. The van der Waals surface area contributed by atoms with Crippen molar-refractivity contribution in [3.63, 3.8) is 0 Å². The molecule has 4 aromatic rings. The van der Waals surface area contributed by atoms with Crippen molar-refractivity contribution in [1.82, 2.24) is 9.78 Å². The summed E-state index contributed by atoms with van der Waals surface area (Å²) >= 11 is 0. The third-order valence-corrected chi connectivity index (χ3v) is 6.14. The minimum atomic E-state index is -0.752. The first-order chi connectivity index (χ1) is 16.5. The van der Waals surface area contributed by atoms with Crippen molar-refractivity contribution in [3.05, 3.63) is 132 Å². The number of nitrogens with one attached hydrogen (secondary N) is 1. The van der Waals surface area contributed by atoms with E-state index in [9.17, 15) is 13.6 Å². The van der Waals surface area contributed by atoms with Crippen molar-refractivity contribution >= 4 is 23.5 Å². The van der Waals surface area contributed by atoms with Gasteiger partial charge in [0.25, 0.3) is 5.91 Å². The highest BCUT2D eigenvalue weighted by atomic mass is 19.1. The Kier molecular flexibility index (Phi) is 5.42. The highest BCUT2D eigenvalue weighted by Gasteiger charge is 2.38. The highest BCUT2D eigenvalue weighted by Crippen LogP contribution is 2.43. The molecule has 34 heavy (non-hydrogen) atoms. The number of hydrogen-bond acceptors (Lipinski definition) is 3. The molecule has 1 aromatic heterocycles. The maximum absolute atomic E-state index is 13.8. The molecule has 1 aliphatic carbocycles. The summed E-state index contributed by atoms with van der Waals surface area (Å²) in [4.78, 5) is 12.8. The molecule has 0 bridgehead atoms. The van der Waals surface area contributed by atoms with Gasteiger partial charge in [0.05, 0.1) is 5.69 Å². The van der Waals surface area contributed by atoms with Crippen molar-refractivity contribution in [1.29, 1.82) is 0 Å². The second-order valence-electron chi connectivity index (χ2n) is 8.15. The van der Waals surface area contributed by atoms with Crippen LogP contribution in [0.25, 0.3) is 6.08 Å². The minimum absolute atomic E-state index is 0.347. The van der Waals surface area contributed by atoms with Crippen molar-refractivity contribution in [3.8, 4) is 0 Å². The molecule has 5 rings (SSSR count). The van der Waals surface area contributed by atoms with E-state index in [4.69, 9.17) is 0 Å². The lowest BCUT2D eigenvalue weighted by Gasteiger charge is -2.35. The quantitative estimate of drug-likeness (QED) is 0.362. The van der Waals surface area contributed by atoms with Crippen LogP contribution in [-0.4, -0.2) is 15.7 Å². The summed E-state index contributed by atoms with van der Waals surface area (Å²) in [6.07, 6.45) is 5.50. The fourth-order valence-corrected chi connectivity index (χ4v) is 4.44. The molecule has 4 nitrogen and oxygen atoms in total. The van der Waals surface area contributed by atoms with Gasteiger partial charge >= 0.3 is 0 Å². The number of allylic oxidation sites excluding steroid dienone is 2. The predicted molar refractivity (Wildman–Crippen MR) is 129 cm³/mol. The zero-order valence-corrected chi connectivity index (χ0v) is 18.2. The van der Waals surface area contributed by atoms with Crippen LogP contribution in [-0.2, 0) is 11.8 Å². The standard InChI is InChI=1S/C28H21F2N3O/c1-2-26(34)33-25-18-28(19-8-12-21(29)13-9-19,20-10-14-22(30)15-11-20)17-16-24(25)27(32-33)31-23-6-4-3-5-7-23/h2-17H,1,18H2,(H,31,32). The summed E-state index contributed by atoms with van der Waals surface area (Å²) in [6, 6.07) is 22.0. The smallest absolute Gasteiger partial charge is 0.270 e. The van der Waals surface area contributed by atoms with E-state index in [1.165, 1.54) is 35.0 Å². The lowest BCUT2D eigenvalue weighted by Crippen LogP contribution is -2.32. The van der Waals surface area contributed by atoms with Crippen LogP contribution in [0.5, 0.6) is 0 Å². The van der Waals surface area contributed by atoms with Crippen LogP contribution >= 0.6 is 0 Å². The van der Waals surface area contributed by atoms with Gasteiger partial charge in [-0.1, -0.05) is 61.2 Å². The molecule has 0 spiro atoms. The van der Waals surface area contributed by atoms with E-state index in [1.807, 2.05) is 42.5 Å². The number of anilines is 2. The third-order valence-electron chi connectivity index (χ3n) is 6.14. The average Bonchev–Trinajstić information content (AvgIpc) is 3.22. The van der Waals surface area contributed by atoms with Gasteiger partial charge in [-0.05, 0) is 53.6 Å². The van der Waals surface area contributed by atoms with Gasteiger partial charge < -0.3 is 5.32 Å². The van der Waals surface area contributed by atoms with Crippen LogP contribution in [0.4, 0.5) is 20.3 Å². The van der Waals surface area contributed by atoms with Crippen molar-refractivity contribution in [2.45, 2.75) is 11.8 Å². The first-order valence-electron chi connectivity index (χ1n) is 10.8. The average molecular weight is 453 g/mol. The molecule has 0 radical (unpaired) electrons. The van der Waals surface area contributed by atoms with E-state index in [2.05, 4.69) is 17.0 Å². The van der Waals surface area contributed by atoms with Gasteiger partial charge in [0.2, 0.25) is 0 Å². The Bertz CT molecular complexity index is 1340. The summed E-state index contributed by atoms with van der Waals surface area (Å²) in [6.45, 7) is 3.62. The second kappa shape index (κ2) is 8.56. The van der Waals surface area contributed by atoms with E-state index >= 15 is 0 Å². The van der Waals surface area contributed by atoms with Crippen molar-refractivity contribution < 1.29 is 13.6 Å². The Labute approximate surface area is 195 Å². The molecule has 0 saturated carbocycles. The first kappa shape index (κ1) is 21.5. The van der Waals surface area contributed by atoms with Gasteiger partial charge in [-0.2, -0.15) is 4.68 Å². The van der Waals surface area contributed by atoms with Crippen LogP contribution in [0, 0.1) is 11.6 Å². The largest absolute Gasteiger partial charge is 0.338 e. The topological polar surface area (TPSA) is 46.9 Å². The molecule has 0 unspecified atom stereocenters. The molecule has 6 heteroatoms. The number of carbonyl (C=O) groups is 1. The Morgan fingerprint density at radius 3 is 2.09 bits per heavy atom. The van der Waals surface area contributed by atoms with E-state index < -0.39 is 5.41 Å². The van der Waals surface area contributed by atoms with Crippen LogP contribution in [0.2, 0.25) is 0 Å². The lowest BCUT2D eigenvalue weighted by molar-refractivity contribution is 0.0950. The summed E-state index contributed by atoms with van der Waals surface area (Å²) < 4.78 is 28.9. The van der Waals surface area contributed by atoms with Gasteiger partial charge in [0, 0.05) is 23.1 Å². The normalized spacial score (nSPS) is 13.8. The fourth-order valence-electron chi connectivity index (χ4n) is 4.44. The molecule has 0 fully saturated rings. The van der Waals surface area contributed by atoms with Gasteiger partial charge in [-0.25, -0.2) is 8.78 Å². The van der Waals surface area contributed by atoms with E-state index in [1.54, 1.807) is 24.3 Å². The number of fused-ring (bicyclic) bond motifs is 1. The van der Waals surface area contributed by atoms with E-state index in [-0.39, 0.29) is 17.5 Å². The summed E-state index contributed by atoms with van der Waals surface area (Å²) in [7, 11) is 0. The summed E-state index contributed by atoms with van der Waals surface area (Å²) in [5.41, 5.74) is 3.18. The highest BCUT2D eigenvalue weighted by molar-refractivity contribution is 5.91. The van der Waals surface area contributed by atoms with Crippen molar-refractivity contribution in [2.24, 2.45) is 0 Å². The van der Waals surface area contributed by atoms with E-state index in [0.717, 1.165) is 22.4 Å². The Balaban J connectivity index is 1.68. The Morgan fingerprint density at radius 2 is 1.53 bits per heavy atom. The molecule has 0 atom stereocenters. The fraction of sp³-hybridized carbons (Fsp3) is 0.0714. The molecule has 168 valence electrons. The number of nitrogens with zero attached hydrogens (tertiary/aromatic N) is 2. The maximum atomic E-state index is 13.8. The van der Waals surface area contributed by atoms with Crippen LogP contribution in [0.3, 0.4) is 0 Å². The number of hydrogen-bond donors (Lipinski definition) is 1. The van der Waals surface area contributed by atoms with Gasteiger partial charge in [-0.15, -0.1) is 5.10 Å². The Hall–Kier alpha value is -4.32. The van der Waals surface area contributed by atoms with Gasteiger partial charge in [-0.3, -0.25) is 4.79 Å². The number of benzene rings is 3.